The number of hydrogen-bond acceptors (Lipinski definition) is 2. The predicted octanol–water partition coefficient (Wildman–Crippen LogP) is 2.03. The Morgan fingerprint density at radius 2 is 1.94 bits per heavy atom. The molecule has 1 aliphatic carbocycles. The van der Waals surface area contributed by atoms with Crippen molar-refractivity contribution >= 4 is 17.5 Å². The number of carbonyl (C=O) groups excluding carboxylic acids is 1. The second-order valence-electron chi connectivity index (χ2n) is 4.77. The zero-order valence-corrected chi connectivity index (χ0v) is 10.4. The van der Waals surface area contributed by atoms with Gasteiger partial charge in [-0.2, -0.15) is 0 Å². The molecule has 0 aromatic carbocycles. The highest BCUT2D eigenvalue weighted by atomic mass is 35.5. The van der Waals surface area contributed by atoms with E-state index < -0.39 is 0 Å². The molecule has 0 aromatic rings. The number of alkyl halides is 1. The fraction of sp³-hybridized carbons (Fsp3) is 0.917. The molecule has 3 nitrogen and oxygen atoms in total. The van der Waals surface area contributed by atoms with Crippen LogP contribution in [0.15, 0.2) is 0 Å². The molecular weight excluding hydrogens is 226 g/mol. The van der Waals surface area contributed by atoms with Gasteiger partial charge in [-0.25, -0.2) is 0 Å². The van der Waals surface area contributed by atoms with Gasteiger partial charge in [-0.1, -0.05) is 0 Å². The lowest BCUT2D eigenvalue weighted by Gasteiger charge is -2.34. The van der Waals surface area contributed by atoms with Crippen molar-refractivity contribution in [2.45, 2.75) is 38.1 Å². The van der Waals surface area contributed by atoms with E-state index in [2.05, 4.69) is 4.90 Å². The topological polar surface area (TPSA) is 29.5 Å². The summed E-state index contributed by atoms with van der Waals surface area (Å²) in [7, 11) is 0. The van der Waals surface area contributed by atoms with E-state index in [1.807, 2.05) is 0 Å². The molecule has 92 valence electrons. The van der Waals surface area contributed by atoms with Crippen LogP contribution in [0.4, 0.5) is 0 Å². The Bertz CT molecular complexity index is 237. The zero-order chi connectivity index (χ0) is 11.4. The van der Waals surface area contributed by atoms with Gasteiger partial charge in [0, 0.05) is 38.1 Å². The molecule has 1 heterocycles. The number of rotatable bonds is 5. The summed E-state index contributed by atoms with van der Waals surface area (Å²) in [5, 5.41) is 0. The molecule has 0 N–H and O–H groups in total. The fourth-order valence-corrected chi connectivity index (χ4v) is 2.42. The van der Waals surface area contributed by atoms with Crippen LogP contribution in [0.5, 0.6) is 0 Å². The summed E-state index contributed by atoms with van der Waals surface area (Å²) in [6.45, 7) is 2.53. The highest BCUT2D eigenvalue weighted by Crippen LogP contribution is 2.31. The van der Waals surface area contributed by atoms with Crippen LogP contribution < -0.4 is 0 Å². The maximum Gasteiger partial charge on any atom is 0.224 e. The van der Waals surface area contributed by atoms with Crippen molar-refractivity contribution in [3.8, 4) is 0 Å². The molecule has 2 fully saturated rings. The number of nitrogens with zero attached hydrogens (tertiary/aromatic N) is 1. The minimum absolute atomic E-state index is 0.230. The molecule has 1 amide bonds. The second-order valence-corrected chi connectivity index (χ2v) is 5.15. The Morgan fingerprint density at radius 3 is 2.50 bits per heavy atom. The summed E-state index contributed by atoms with van der Waals surface area (Å²) >= 11 is 5.66. The predicted molar refractivity (Wildman–Crippen MR) is 63.6 cm³/mol. The van der Waals surface area contributed by atoms with E-state index in [4.69, 9.17) is 16.3 Å². The maximum atomic E-state index is 12.0. The number of halogens is 1. The van der Waals surface area contributed by atoms with E-state index in [0.717, 1.165) is 38.5 Å². The van der Waals surface area contributed by atoms with Crippen molar-refractivity contribution in [1.82, 2.24) is 4.90 Å². The van der Waals surface area contributed by atoms with Crippen molar-refractivity contribution in [3.63, 3.8) is 0 Å². The Labute approximate surface area is 102 Å². The number of carbonyl (C=O) groups is 1. The largest absolute Gasteiger partial charge is 0.381 e. The first-order valence-electron chi connectivity index (χ1n) is 6.24. The molecule has 0 unspecified atom stereocenters. The lowest BCUT2D eigenvalue weighted by Crippen LogP contribution is -2.44. The van der Waals surface area contributed by atoms with E-state index in [9.17, 15) is 4.79 Å². The molecule has 2 aliphatic rings. The minimum atomic E-state index is 0.230. The highest BCUT2D eigenvalue weighted by Gasteiger charge is 2.31. The Morgan fingerprint density at radius 1 is 1.25 bits per heavy atom. The van der Waals surface area contributed by atoms with E-state index in [0.29, 0.717) is 18.3 Å². The van der Waals surface area contributed by atoms with Crippen molar-refractivity contribution < 1.29 is 9.53 Å². The van der Waals surface area contributed by atoms with Crippen molar-refractivity contribution in [1.29, 1.82) is 0 Å². The average Bonchev–Trinajstić information content (AvgIpc) is 3.11. The first-order valence-corrected chi connectivity index (χ1v) is 6.78. The molecule has 2 rings (SSSR count). The molecule has 0 bridgehead atoms. The third-order valence-electron chi connectivity index (χ3n) is 3.41. The van der Waals surface area contributed by atoms with Gasteiger partial charge in [0.05, 0.1) is 0 Å². The molecule has 16 heavy (non-hydrogen) atoms. The zero-order valence-electron chi connectivity index (χ0n) is 9.66. The first kappa shape index (κ1) is 12.2. The van der Waals surface area contributed by atoms with Crippen LogP contribution in [0, 0.1) is 5.92 Å². The molecule has 0 spiro atoms. The molecule has 0 aromatic heterocycles. The van der Waals surface area contributed by atoms with Crippen LogP contribution in [-0.4, -0.2) is 42.5 Å². The van der Waals surface area contributed by atoms with Gasteiger partial charge >= 0.3 is 0 Å². The summed E-state index contributed by atoms with van der Waals surface area (Å²) in [6.07, 6.45) is 5.02. The monoisotopic (exact) mass is 245 g/mol. The fourth-order valence-electron chi connectivity index (χ4n) is 2.25. The molecule has 4 heteroatoms. The van der Waals surface area contributed by atoms with Crippen molar-refractivity contribution in [2.24, 2.45) is 5.92 Å². The maximum absolute atomic E-state index is 12.0. The van der Waals surface area contributed by atoms with Gasteiger partial charge in [0.25, 0.3) is 0 Å². The SMILES string of the molecule is O=C(CCCl)N(CC1CC1)C1CCOCC1. The van der Waals surface area contributed by atoms with Gasteiger partial charge < -0.3 is 9.64 Å². The third kappa shape index (κ3) is 3.36. The number of ether oxygens (including phenoxy) is 1. The summed E-state index contributed by atoms with van der Waals surface area (Å²) in [5.74, 6) is 1.42. The first-order chi connectivity index (χ1) is 7.81. The van der Waals surface area contributed by atoms with Crippen LogP contribution in [0.25, 0.3) is 0 Å². The molecule has 1 aliphatic heterocycles. The van der Waals surface area contributed by atoms with Crippen molar-refractivity contribution in [3.05, 3.63) is 0 Å². The smallest absolute Gasteiger partial charge is 0.224 e. The lowest BCUT2D eigenvalue weighted by atomic mass is 10.1. The summed E-state index contributed by atoms with van der Waals surface area (Å²) < 4.78 is 5.35. The average molecular weight is 246 g/mol. The quantitative estimate of drug-likeness (QED) is 0.694. The van der Waals surface area contributed by atoms with Gasteiger partial charge in [0.15, 0.2) is 0 Å². The standard InChI is InChI=1S/C12H20ClNO2/c13-6-3-12(15)14(9-10-1-2-10)11-4-7-16-8-5-11/h10-11H,1-9H2. The van der Waals surface area contributed by atoms with Gasteiger partial charge in [0.2, 0.25) is 5.91 Å². The Kier molecular flexibility index (Phi) is 4.47. The molecule has 0 radical (unpaired) electrons. The Balaban J connectivity index is 1.91. The molecular formula is C12H20ClNO2. The normalized spacial score (nSPS) is 22.1. The summed E-state index contributed by atoms with van der Waals surface area (Å²) in [5.41, 5.74) is 0. The number of amides is 1. The number of hydrogen-bond donors (Lipinski definition) is 0. The van der Waals surface area contributed by atoms with Crippen LogP contribution in [0.1, 0.15) is 32.1 Å². The van der Waals surface area contributed by atoms with E-state index in [1.54, 1.807) is 0 Å². The van der Waals surface area contributed by atoms with Gasteiger partial charge in [-0.05, 0) is 31.6 Å². The minimum Gasteiger partial charge on any atom is -0.381 e. The third-order valence-corrected chi connectivity index (χ3v) is 3.60. The lowest BCUT2D eigenvalue weighted by molar-refractivity contribution is -0.135. The van der Waals surface area contributed by atoms with Crippen LogP contribution in [0.2, 0.25) is 0 Å². The summed E-state index contributed by atoms with van der Waals surface area (Å²) in [6, 6.07) is 0.394. The summed E-state index contributed by atoms with van der Waals surface area (Å²) in [4.78, 5) is 14.1. The van der Waals surface area contributed by atoms with Gasteiger partial charge in [-0.3, -0.25) is 4.79 Å². The van der Waals surface area contributed by atoms with Crippen LogP contribution in [0.3, 0.4) is 0 Å². The Hall–Kier alpha value is -0.280. The molecule has 1 saturated carbocycles. The van der Waals surface area contributed by atoms with E-state index >= 15 is 0 Å². The second kappa shape index (κ2) is 5.87. The highest BCUT2D eigenvalue weighted by molar-refractivity contribution is 6.18. The van der Waals surface area contributed by atoms with Crippen molar-refractivity contribution in [2.75, 3.05) is 25.6 Å². The van der Waals surface area contributed by atoms with E-state index in [1.165, 1.54) is 12.8 Å². The van der Waals surface area contributed by atoms with Gasteiger partial charge in [0.1, 0.15) is 0 Å². The van der Waals surface area contributed by atoms with Gasteiger partial charge in [-0.15, -0.1) is 11.6 Å². The molecule has 0 atom stereocenters. The van der Waals surface area contributed by atoms with E-state index in [-0.39, 0.29) is 5.91 Å². The van der Waals surface area contributed by atoms with Crippen LogP contribution in [-0.2, 0) is 9.53 Å². The van der Waals surface area contributed by atoms with Crippen LogP contribution >= 0.6 is 11.6 Å². The molecule has 1 saturated heterocycles.